The highest BCUT2D eigenvalue weighted by Crippen LogP contribution is 2.38. The molecule has 4 atom stereocenters. The molecule has 0 aliphatic carbocycles. The molecule has 4 N–H and O–H groups in total. The molecule has 17 heteroatoms. The van der Waals surface area contributed by atoms with Gasteiger partial charge in [-0.15, -0.1) is 0 Å². The smallest absolute Gasteiger partial charge is 0.407 e. The molecule has 4 amide bonds. The molecule has 3 aliphatic rings. The summed E-state index contributed by atoms with van der Waals surface area (Å²) in [5.74, 6) is 1.88. The lowest BCUT2D eigenvalue weighted by Crippen LogP contribution is -2.51. The Bertz CT molecular complexity index is 2650. The molecule has 7 heterocycles. The minimum Gasteiger partial charge on any atom is -0.453 e. The van der Waals surface area contributed by atoms with Gasteiger partial charge in [-0.05, 0) is 103 Å². The maximum Gasteiger partial charge on any atom is 0.407 e. The van der Waals surface area contributed by atoms with E-state index in [2.05, 4.69) is 103 Å². The van der Waals surface area contributed by atoms with Gasteiger partial charge in [-0.2, -0.15) is 0 Å². The van der Waals surface area contributed by atoms with E-state index in [1.807, 2.05) is 56.1 Å². The van der Waals surface area contributed by atoms with Gasteiger partial charge >= 0.3 is 12.2 Å². The Labute approximate surface area is 414 Å². The number of H-pyrrole nitrogens is 2. The second-order valence-corrected chi connectivity index (χ2v) is 19.5. The topological polar surface area (TPSA) is 196 Å². The molecule has 0 spiro atoms. The molecule has 2 aromatic carbocycles. The van der Waals surface area contributed by atoms with E-state index < -0.39 is 24.3 Å². The minimum atomic E-state index is -0.707. The summed E-state index contributed by atoms with van der Waals surface area (Å²) in [5.41, 5.74) is 8.60. The zero-order valence-electron chi connectivity index (χ0n) is 41.5. The Balaban J connectivity index is 0.967. The molecule has 3 aliphatic heterocycles. The number of carbonyl (C=O) groups is 4. The van der Waals surface area contributed by atoms with Crippen molar-refractivity contribution in [3.05, 3.63) is 103 Å². The summed E-state index contributed by atoms with van der Waals surface area (Å²) < 4.78 is 11.9. The highest BCUT2D eigenvalue weighted by atomic mass is 16.5. The Kier molecular flexibility index (Phi) is 14.6. The lowest BCUT2D eigenvalue weighted by Gasteiger charge is -2.30. The number of piperidine rings is 1. The fourth-order valence-electron chi connectivity index (χ4n) is 10.3. The third kappa shape index (κ3) is 10.3. The van der Waals surface area contributed by atoms with Crippen LogP contribution in [0.4, 0.5) is 15.4 Å². The van der Waals surface area contributed by atoms with E-state index in [1.165, 1.54) is 33.5 Å². The first-order valence-corrected chi connectivity index (χ1v) is 25.0. The van der Waals surface area contributed by atoms with E-state index in [0.717, 1.165) is 95.3 Å². The molecule has 1 unspecified atom stereocenters. The third-order valence-corrected chi connectivity index (χ3v) is 14.2. The van der Waals surface area contributed by atoms with Gasteiger partial charge in [0.2, 0.25) is 11.8 Å². The lowest BCUT2D eigenvalue weighted by atomic mass is 10.0. The first-order valence-electron chi connectivity index (χ1n) is 25.0. The maximum atomic E-state index is 13.8. The van der Waals surface area contributed by atoms with Gasteiger partial charge in [-0.3, -0.25) is 9.59 Å². The molecule has 0 radical (unpaired) electrons. The van der Waals surface area contributed by atoms with Gasteiger partial charge < -0.3 is 49.3 Å². The van der Waals surface area contributed by atoms with Crippen LogP contribution in [0, 0.1) is 11.8 Å². The van der Waals surface area contributed by atoms with E-state index >= 15 is 0 Å². The van der Waals surface area contributed by atoms with Crippen LogP contribution in [0.1, 0.15) is 96.4 Å². The summed E-state index contributed by atoms with van der Waals surface area (Å²) in [6.07, 6.45) is 11.1. The molecular formula is C54H65N11O6. The summed E-state index contributed by atoms with van der Waals surface area (Å²) >= 11 is 0. The quantitative estimate of drug-likeness (QED) is 0.0818. The van der Waals surface area contributed by atoms with Crippen LogP contribution in [-0.4, -0.2) is 116 Å². The van der Waals surface area contributed by atoms with E-state index in [9.17, 15) is 19.2 Å². The Hall–Kier alpha value is -7.43. The van der Waals surface area contributed by atoms with Gasteiger partial charge in [0.25, 0.3) is 0 Å². The van der Waals surface area contributed by atoms with E-state index in [1.54, 1.807) is 0 Å². The van der Waals surface area contributed by atoms with Crippen LogP contribution in [0.2, 0.25) is 0 Å². The number of amides is 4. The van der Waals surface area contributed by atoms with Crippen molar-refractivity contribution in [3.63, 3.8) is 0 Å². The number of aromatic amines is 2. The average Bonchev–Trinajstić information content (AvgIpc) is 4.27. The normalized spacial score (nSPS) is 17.9. The Morgan fingerprint density at radius 2 is 1.00 bits per heavy atom. The van der Waals surface area contributed by atoms with Crippen molar-refractivity contribution >= 4 is 29.8 Å². The van der Waals surface area contributed by atoms with Gasteiger partial charge in [0.15, 0.2) is 0 Å². The number of ether oxygens (including phenoxy) is 2. The fraction of sp³-hybridized carbons (Fsp3) is 0.426. The highest BCUT2D eigenvalue weighted by Gasteiger charge is 2.39. The molecule has 3 fully saturated rings. The summed E-state index contributed by atoms with van der Waals surface area (Å²) in [6.45, 7) is 10.8. The number of likely N-dealkylation sites (tertiary alicyclic amines) is 2. The predicted octanol–water partition coefficient (Wildman–Crippen LogP) is 9.07. The van der Waals surface area contributed by atoms with E-state index in [0.29, 0.717) is 24.7 Å². The molecule has 4 aromatic heterocycles. The number of methoxy groups -OCH3 is 2. The molecule has 0 bridgehead atoms. The number of rotatable bonds is 14. The van der Waals surface area contributed by atoms with Crippen molar-refractivity contribution in [1.82, 2.24) is 49.9 Å². The summed E-state index contributed by atoms with van der Waals surface area (Å²) in [4.78, 5) is 79.3. The van der Waals surface area contributed by atoms with Crippen LogP contribution in [0.5, 0.6) is 0 Å². The van der Waals surface area contributed by atoms with Gasteiger partial charge in [0, 0.05) is 26.2 Å². The standard InChI is InChI=1S/C54H65N11O6/c1-33(2)47(60-53(68)70-5)51(66)63-28-10-12-44(63)49-56-31-40(58-49)35-14-18-37(19-15-35)42-23-24-43(65(42)39-22-25-46(55-30-39)62-26-8-7-9-27-62)38-20-16-36(17-21-38)41-32-57-50(59-41)45-13-11-29-64(45)52(67)48(34(3)4)61-54(69)71-6/h14-25,30-34,44-45,47-48H,7-13,26-29H2,1-6H3,(H,56,58)(H,57,59)(H,60,68)(H,61,69)/t44-,45-,47-,48?/m0/s1. The van der Waals surface area contributed by atoms with Crippen LogP contribution in [0.3, 0.4) is 0 Å². The second kappa shape index (κ2) is 21.3. The molecule has 372 valence electrons. The second-order valence-electron chi connectivity index (χ2n) is 19.5. The number of carbonyl (C=O) groups excluding carboxylic acids is 4. The number of hydrogen-bond donors (Lipinski definition) is 4. The number of alkyl carbamates (subject to hydrolysis) is 2. The number of nitrogens with one attached hydrogen (secondary N) is 4. The number of aromatic nitrogens is 6. The number of anilines is 1. The summed E-state index contributed by atoms with van der Waals surface area (Å²) in [5, 5.41) is 5.45. The van der Waals surface area contributed by atoms with Crippen LogP contribution in [0.15, 0.2) is 91.4 Å². The number of nitrogens with zero attached hydrogens (tertiary/aromatic N) is 7. The Morgan fingerprint density at radius 3 is 1.41 bits per heavy atom. The molecule has 6 aromatic rings. The molecule has 3 saturated heterocycles. The predicted molar refractivity (Wildman–Crippen MR) is 271 cm³/mol. The largest absolute Gasteiger partial charge is 0.453 e. The summed E-state index contributed by atoms with van der Waals surface area (Å²) in [7, 11) is 2.59. The third-order valence-electron chi connectivity index (χ3n) is 14.2. The van der Waals surface area contributed by atoms with E-state index in [4.69, 9.17) is 24.4 Å². The number of imidazole rings is 2. The summed E-state index contributed by atoms with van der Waals surface area (Å²) in [6, 6.07) is 23.5. The average molecular weight is 964 g/mol. The van der Waals surface area contributed by atoms with Gasteiger partial charge in [-0.25, -0.2) is 24.5 Å². The highest BCUT2D eigenvalue weighted by molar-refractivity contribution is 5.87. The zero-order chi connectivity index (χ0) is 49.8. The van der Waals surface area contributed by atoms with E-state index in [-0.39, 0.29) is 35.7 Å². The molecule has 9 rings (SSSR count). The van der Waals surface area contributed by atoms with Crippen molar-refractivity contribution in [2.45, 2.75) is 96.8 Å². The molecule has 71 heavy (non-hydrogen) atoms. The molecule has 17 nitrogen and oxygen atoms in total. The van der Waals surface area contributed by atoms with Crippen LogP contribution >= 0.6 is 0 Å². The molecular weight excluding hydrogens is 899 g/mol. The van der Waals surface area contributed by atoms with Crippen molar-refractivity contribution in [3.8, 4) is 50.7 Å². The first kappa shape index (κ1) is 48.6. The van der Waals surface area contributed by atoms with Crippen LogP contribution < -0.4 is 15.5 Å². The number of pyridine rings is 1. The zero-order valence-corrected chi connectivity index (χ0v) is 41.5. The first-order chi connectivity index (χ1) is 34.4. The van der Waals surface area contributed by atoms with Crippen LogP contribution in [0.25, 0.3) is 50.7 Å². The van der Waals surface area contributed by atoms with Crippen LogP contribution in [-0.2, 0) is 19.1 Å². The number of benzene rings is 2. The maximum absolute atomic E-state index is 13.8. The Morgan fingerprint density at radius 1 is 0.549 bits per heavy atom. The minimum absolute atomic E-state index is 0.122. The van der Waals surface area contributed by atoms with Crippen molar-refractivity contribution < 1.29 is 28.7 Å². The lowest BCUT2D eigenvalue weighted by molar-refractivity contribution is -0.136. The van der Waals surface area contributed by atoms with Gasteiger partial charge in [0.1, 0.15) is 29.6 Å². The molecule has 0 saturated carbocycles. The fourth-order valence-corrected chi connectivity index (χ4v) is 10.3. The van der Waals surface area contributed by atoms with Crippen molar-refractivity contribution in [2.75, 3.05) is 45.3 Å². The number of hydrogen-bond acceptors (Lipinski definition) is 10. The van der Waals surface area contributed by atoms with Gasteiger partial charge in [-0.1, -0.05) is 76.2 Å². The SMILES string of the molecule is COC(=O)NC(C(=O)N1CCC[C@H]1c1ncc(-c2ccc(-c3ccc(-c4ccc(-c5cnc([C@@H]6CCCN6C(=O)[C@@H](NC(=O)OC)C(C)C)[nH]5)cc4)n3-c3ccc(N4CCCCC4)nc3)cc2)[nH]1)C(C)C. The van der Waals surface area contributed by atoms with Crippen molar-refractivity contribution in [2.24, 2.45) is 11.8 Å². The van der Waals surface area contributed by atoms with Gasteiger partial charge in [0.05, 0.1) is 73.4 Å². The van der Waals surface area contributed by atoms with Crippen molar-refractivity contribution in [1.29, 1.82) is 0 Å². The monoisotopic (exact) mass is 964 g/mol.